The van der Waals surface area contributed by atoms with E-state index in [9.17, 15) is 0 Å². The van der Waals surface area contributed by atoms with Crippen molar-refractivity contribution in [3.05, 3.63) is 30.2 Å². The second kappa shape index (κ2) is 5.70. The summed E-state index contributed by atoms with van der Waals surface area (Å²) in [6.45, 7) is 4.24. The quantitative estimate of drug-likeness (QED) is 0.805. The second-order valence-electron chi connectivity index (χ2n) is 5.57. The molecule has 0 saturated carbocycles. The average molecular weight is 306 g/mol. The molecule has 0 bridgehead atoms. The van der Waals surface area contributed by atoms with Gasteiger partial charge in [-0.1, -0.05) is 6.92 Å². The molecule has 0 unspecified atom stereocenters. The molecule has 21 heavy (non-hydrogen) atoms. The number of aryl methyl sites for hydroxylation is 1. The average Bonchev–Trinajstić information content (AvgIpc) is 3.17. The van der Waals surface area contributed by atoms with Crippen LogP contribution in [0.1, 0.15) is 25.5 Å². The van der Waals surface area contributed by atoms with E-state index in [4.69, 9.17) is 9.52 Å². The molecule has 1 saturated heterocycles. The lowest BCUT2D eigenvalue weighted by molar-refractivity contribution is 0.484. The van der Waals surface area contributed by atoms with E-state index in [1.807, 2.05) is 0 Å². The summed E-state index contributed by atoms with van der Waals surface area (Å²) in [6, 6.07) is 6.80. The number of nitrogens with one attached hydrogen (secondary N) is 1. The van der Waals surface area contributed by atoms with Crippen LogP contribution in [0.5, 0.6) is 0 Å². The Labute approximate surface area is 129 Å². The topological polar surface area (TPSA) is 43.0 Å². The van der Waals surface area contributed by atoms with Gasteiger partial charge in [0, 0.05) is 16.8 Å². The van der Waals surface area contributed by atoms with Crippen LogP contribution in [-0.2, 0) is 13.0 Å². The number of aromatic nitrogens is 2. The molecule has 0 aliphatic carbocycles. The summed E-state index contributed by atoms with van der Waals surface area (Å²) in [5.41, 5.74) is 3.35. The van der Waals surface area contributed by atoms with Crippen molar-refractivity contribution in [2.45, 2.75) is 38.8 Å². The number of hydrogen-bond donors (Lipinski definition) is 1. The Balaban J connectivity index is 0.00000132. The van der Waals surface area contributed by atoms with Gasteiger partial charge >= 0.3 is 0 Å². The molecule has 3 aromatic rings. The summed E-state index contributed by atoms with van der Waals surface area (Å²) in [5, 5.41) is 10.8. The van der Waals surface area contributed by atoms with Gasteiger partial charge in [-0.25, -0.2) is 0 Å². The molecule has 1 fully saturated rings. The van der Waals surface area contributed by atoms with E-state index in [0.717, 1.165) is 25.1 Å². The minimum Gasteiger partial charge on any atom is -0.464 e. The molecule has 4 nitrogen and oxygen atoms in total. The molecule has 4 rings (SSSR count). The van der Waals surface area contributed by atoms with Gasteiger partial charge in [-0.3, -0.25) is 4.68 Å². The van der Waals surface area contributed by atoms with Crippen molar-refractivity contribution in [1.82, 2.24) is 15.1 Å². The van der Waals surface area contributed by atoms with Crippen molar-refractivity contribution in [3.63, 3.8) is 0 Å². The summed E-state index contributed by atoms with van der Waals surface area (Å²) in [6.07, 6.45) is 5.24. The van der Waals surface area contributed by atoms with Gasteiger partial charge < -0.3 is 9.73 Å². The third-order valence-electron chi connectivity index (χ3n) is 4.31. The van der Waals surface area contributed by atoms with Gasteiger partial charge in [-0.05, 0) is 44.0 Å². The molecule has 5 heteroatoms. The zero-order valence-corrected chi connectivity index (χ0v) is 12.9. The summed E-state index contributed by atoms with van der Waals surface area (Å²) < 4.78 is 7.71. The van der Waals surface area contributed by atoms with Gasteiger partial charge in [0.15, 0.2) is 0 Å². The first kappa shape index (κ1) is 14.4. The maximum absolute atomic E-state index is 5.54. The summed E-state index contributed by atoms with van der Waals surface area (Å²) in [5.74, 6) is 0. The van der Waals surface area contributed by atoms with E-state index >= 15 is 0 Å². The Kier molecular flexibility index (Phi) is 3.91. The number of hydrogen-bond acceptors (Lipinski definition) is 3. The molecular formula is C16H20ClN3O. The van der Waals surface area contributed by atoms with Crippen molar-refractivity contribution in [2.75, 3.05) is 6.54 Å². The van der Waals surface area contributed by atoms with E-state index in [1.165, 1.54) is 34.8 Å². The van der Waals surface area contributed by atoms with Gasteiger partial charge in [-0.2, -0.15) is 5.10 Å². The van der Waals surface area contributed by atoms with E-state index in [2.05, 4.69) is 35.1 Å². The van der Waals surface area contributed by atoms with Crippen LogP contribution in [0.4, 0.5) is 0 Å². The maximum atomic E-state index is 5.54. The molecule has 1 aliphatic heterocycles. The standard InChI is InChI=1S/C16H19N3O.ClH/c1-2-14-12-5-6-15-13(7-9-20-15)16(12)19(18-14)10-11-4-3-8-17-11;/h5-7,9,11,17H,2-4,8,10H2,1H3;1H/t11-;/m0./s1. The molecule has 1 atom stereocenters. The van der Waals surface area contributed by atoms with Crippen molar-refractivity contribution >= 4 is 34.3 Å². The first-order valence-corrected chi connectivity index (χ1v) is 7.46. The number of nitrogens with zero attached hydrogens (tertiary/aromatic N) is 2. The lowest BCUT2D eigenvalue weighted by atomic mass is 10.1. The van der Waals surface area contributed by atoms with Crippen molar-refractivity contribution in [2.24, 2.45) is 0 Å². The third kappa shape index (κ3) is 2.32. The SMILES string of the molecule is CCc1nn(C[C@@H]2CCCN2)c2c1ccc1occc12.Cl. The lowest BCUT2D eigenvalue weighted by Crippen LogP contribution is -2.27. The number of furan rings is 1. The zero-order chi connectivity index (χ0) is 13.5. The number of fused-ring (bicyclic) bond motifs is 3. The minimum absolute atomic E-state index is 0. The Bertz CT molecular complexity index is 755. The predicted octanol–water partition coefficient (Wildman–Crippen LogP) is 3.52. The first-order chi connectivity index (χ1) is 9.86. The molecule has 0 amide bonds. The highest BCUT2D eigenvalue weighted by Crippen LogP contribution is 2.29. The van der Waals surface area contributed by atoms with Gasteiger partial charge in [0.1, 0.15) is 5.58 Å². The van der Waals surface area contributed by atoms with Crippen LogP contribution >= 0.6 is 12.4 Å². The van der Waals surface area contributed by atoms with E-state index in [1.54, 1.807) is 6.26 Å². The smallest absolute Gasteiger partial charge is 0.136 e. The molecule has 1 aliphatic rings. The van der Waals surface area contributed by atoms with E-state index < -0.39 is 0 Å². The summed E-state index contributed by atoms with van der Waals surface area (Å²) in [4.78, 5) is 0. The molecule has 112 valence electrons. The Hall–Kier alpha value is -1.52. The van der Waals surface area contributed by atoms with Crippen LogP contribution < -0.4 is 5.32 Å². The third-order valence-corrected chi connectivity index (χ3v) is 4.31. The summed E-state index contributed by atoms with van der Waals surface area (Å²) >= 11 is 0. The zero-order valence-electron chi connectivity index (χ0n) is 12.1. The molecule has 0 spiro atoms. The highest BCUT2D eigenvalue weighted by molar-refractivity contribution is 6.04. The molecule has 0 radical (unpaired) electrons. The maximum Gasteiger partial charge on any atom is 0.136 e. The molecule has 1 N–H and O–H groups in total. The lowest BCUT2D eigenvalue weighted by Gasteiger charge is -2.11. The summed E-state index contributed by atoms with van der Waals surface area (Å²) in [7, 11) is 0. The molecule has 2 aromatic heterocycles. The van der Waals surface area contributed by atoms with Crippen molar-refractivity contribution < 1.29 is 4.42 Å². The van der Waals surface area contributed by atoms with Crippen LogP contribution in [0.3, 0.4) is 0 Å². The first-order valence-electron chi connectivity index (χ1n) is 7.46. The Morgan fingerprint density at radius 1 is 1.33 bits per heavy atom. The Morgan fingerprint density at radius 2 is 2.24 bits per heavy atom. The van der Waals surface area contributed by atoms with Crippen LogP contribution in [0.25, 0.3) is 21.9 Å². The number of benzene rings is 1. The molecular weight excluding hydrogens is 286 g/mol. The van der Waals surface area contributed by atoms with Crippen LogP contribution in [0.15, 0.2) is 28.9 Å². The fourth-order valence-corrected chi connectivity index (χ4v) is 3.30. The van der Waals surface area contributed by atoms with Gasteiger partial charge in [-0.15, -0.1) is 12.4 Å². The van der Waals surface area contributed by atoms with Gasteiger partial charge in [0.05, 0.1) is 24.0 Å². The van der Waals surface area contributed by atoms with Crippen LogP contribution in [-0.4, -0.2) is 22.4 Å². The highest BCUT2D eigenvalue weighted by Gasteiger charge is 2.19. The van der Waals surface area contributed by atoms with E-state index in [-0.39, 0.29) is 12.4 Å². The van der Waals surface area contributed by atoms with Crippen molar-refractivity contribution in [1.29, 1.82) is 0 Å². The minimum atomic E-state index is 0. The highest BCUT2D eigenvalue weighted by atomic mass is 35.5. The fraction of sp³-hybridized carbons (Fsp3) is 0.438. The van der Waals surface area contributed by atoms with Crippen LogP contribution in [0.2, 0.25) is 0 Å². The fourth-order valence-electron chi connectivity index (χ4n) is 3.30. The number of rotatable bonds is 3. The van der Waals surface area contributed by atoms with Gasteiger partial charge in [0.25, 0.3) is 0 Å². The van der Waals surface area contributed by atoms with Gasteiger partial charge in [0.2, 0.25) is 0 Å². The largest absolute Gasteiger partial charge is 0.464 e. The van der Waals surface area contributed by atoms with E-state index in [0.29, 0.717) is 6.04 Å². The van der Waals surface area contributed by atoms with Crippen LogP contribution in [0, 0.1) is 0 Å². The second-order valence-corrected chi connectivity index (χ2v) is 5.57. The molecule has 3 heterocycles. The predicted molar refractivity (Wildman–Crippen MR) is 87.2 cm³/mol. The molecule has 1 aromatic carbocycles. The normalized spacial score (nSPS) is 18.4. The monoisotopic (exact) mass is 305 g/mol. The number of halogens is 1. The Morgan fingerprint density at radius 3 is 3.00 bits per heavy atom. The van der Waals surface area contributed by atoms with Crippen molar-refractivity contribution in [3.8, 4) is 0 Å².